The first kappa shape index (κ1) is 21.9. The van der Waals surface area contributed by atoms with Gasteiger partial charge in [-0.1, -0.05) is 35.9 Å². The van der Waals surface area contributed by atoms with Gasteiger partial charge in [-0.2, -0.15) is 0 Å². The molecule has 172 valence electrons. The summed E-state index contributed by atoms with van der Waals surface area (Å²) in [5.41, 5.74) is 3.22. The fourth-order valence-electron chi connectivity index (χ4n) is 4.73. The zero-order valence-electron chi connectivity index (χ0n) is 18.9. The van der Waals surface area contributed by atoms with Crippen LogP contribution in [0.25, 0.3) is 6.08 Å². The van der Waals surface area contributed by atoms with E-state index < -0.39 is 0 Å². The van der Waals surface area contributed by atoms with Gasteiger partial charge in [-0.15, -0.1) is 11.8 Å². The van der Waals surface area contributed by atoms with E-state index in [0.717, 1.165) is 40.4 Å². The van der Waals surface area contributed by atoms with Crippen molar-refractivity contribution in [2.24, 2.45) is 5.92 Å². The number of nitrogens with zero attached hydrogens (tertiary/aromatic N) is 1. The number of carbonyl (C=O) groups is 2. The Morgan fingerprint density at radius 1 is 1.15 bits per heavy atom. The zero-order valence-corrected chi connectivity index (χ0v) is 19.7. The Kier molecular flexibility index (Phi) is 6.06. The molecule has 1 saturated carbocycles. The Morgan fingerprint density at radius 2 is 1.94 bits per heavy atom. The fraction of sp³-hybridized carbons (Fsp3) is 0.385. The second kappa shape index (κ2) is 9.14. The van der Waals surface area contributed by atoms with Crippen molar-refractivity contribution >= 4 is 29.7 Å². The highest BCUT2D eigenvalue weighted by Gasteiger charge is 2.42. The molecule has 0 aromatic heterocycles. The molecule has 2 aromatic carbocycles. The van der Waals surface area contributed by atoms with Crippen LogP contribution in [-0.2, 0) is 16.1 Å². The standard InChI is InChI=1S/C26H28N2O4S/c1-16-3-5-17(6-4-16)12-24-26(30)28(2)20-13-19(8-10-23(20)33-24)25(29)27-14-18-7-9-21-22(11-18)32-15-31-21/h3-7,9,11-12,19-20,23H,8,10,13-15H2,1-2H3,(H,27,29)/b24-12+. The number of benzene rings is 2. The number of nitrogens with one attached hydrogen (secondary N) is 1. The Morgan fingerprint density at radius 3 is 2.76 bits per heavy atom. The largest absolute Gasteiger partial charge is 0.454 e. The van der Waals surface area contributed by atoms with Gasteiger partial charge in [0.05, 0.1) is 4.91 Å². The van der Waals surface area contributed by atoms with E-state index in [4.69, 9.17) is 9.47 Å². The molecular weight excluding hydrogens is 436 g/mol. The lowest BCUT2D eigenvalue weighted by atomic mass is 9.83. The van der Waals surface area contributed by atoms with E-state index in [1.165, 1.54) is 5.56 Å². The van der Waals surface area contributed by atoms with E-state index >= 15 is 0 Å². The molecule has 5 rings (SSSR count). The van der Waals surface area contributed by atoms with Crippen LogP contribution in [0.4, 0.5) is 0 Å². The predicted molar refractivity (Wildman–Crippen MR) is 129 cm³/mol. The molecule has 0 radical (unpaired) electrons. The second-order valence-corrected chi connectivity index (χ2v) is 10.3. The van der Waals surface area contributed by atoms with Crippen LogP contribution in [0.2, 0.25) is 0 Å². The third-order valence-electron chi connectivity index (χ3n) is 6.71. The number of aryl methyl sites for hydroxylation is 1. The predicted octanol–water partition coefficient (Wildman–Crippen LogP) is 4.12. The topological polar surface area (TPSA) is 67.9 Å². The highest BCUT2D eigenvalue weighted by atomic mass is 32.2. The van der Waals surface area contributed by atoms with Crippen LogP contribution in [0, 0.1) is 12.8 Å². The molecule has 1 saturated heterocycles. The Hall–Kier alpha value is -2.93. The molecule has 6 nitrogen and oxygen atoms in total. The molecule has 1 N–H and O–H groups in total. The molecule has 0 spiro atoms. The minimum Gasteiger partial charge on any atom is -0.454 e. The van der Waals surface area contributed by atoms with Crippen molar-refractivity contribution in [2.75, 3.05) is 13.8 Å². The third-order valence-corrected chi connectivity index (χ3v) is 8.11. The average Bonchev–Trinajstić information content (AvgIpc) is 3.30. The summed E-state index contributed by atoms with van der Waals surface area (Å²) in [6.45, 7) is 2.74. The van der Waals surface area contributed by atoms with Crippen molar-refractivity contribution in [1.29, 1.82) is 0 Å². The van der Waals surface area contributed by atoms with Crippen LogP contribution < -0.4 is 14.8 Å². The lowest BCUT2D eigenvalue weighted by molar-refractivity contribution is -0.132. The fourth-order valence-corrected chi connectivity index (χ4v) is 6.21. The van der Waals surface area contributed by atoms with Crippen molar-refractivity contribution < 1.29 is 19.1 Å². The summed E-state index contributed by atoms with van der Waals surface area (Å²) in [5, 5.41) is 3.39. The molecule has 3 atom stereocenters. The number of hydrogen-bond donors (Lipinski definition) is 1. The number of likely N-dealkylation sites (N-methyl/N-ethyl adjacent to an activating group) is 1. The monoisotopic (exact) mass is 464 g/mol. The summed E-state index contributed by atoms with van der Waals surface area (Å²) in [6.07, 6.45) is 4.44. The number of fused-ring (bicyclic) bond motifs is 2. The normalized spacial score (nSPS) is 25.2. The van der Waals surface area contributed by atoms with Gasteiger partial charge in [0.2, 0.25) is 12.7 Å². The third kappa shape index (κ3) is 4.60. The van der Waals surface area contributed by atoms with Crippen LogP contribution in [0.3, 0.4) is 0 Å². The lowest BCUT2D eigenvalue weighted by Gasteiger charge is -2.44. The van der Waals surface area contributed by atoms with Gasteiger partial charge in [0.25, 0.3) is 5.91 Å². The van der Waals surface area contributed by atoms with E-state index in [1.54, 1.807) is 11.8 Å². The van der Waals surface area contributed by atoms with E-state index in [9.17, 15) is 9.59 Å². The van der Waals surface area contributed by atoms with Crippen molar-refractivity contribution in [2.45, 2.75) is 44.0 Å². The second-order valence-electron chi connectivity index (χ2n) is 8.97. The van der Waals surface area contributed by atoms with Crippen LogP contribution in [-0.4, -0.2) is 41.8 Å². The van der Waals surface area contributed by atoms with Gasteiger partial charge in [0.15, 0.2) is 11.5 Å². The summed E-state index contributed by atoms with van der Waals surface area (Å²) in [7, 11) is 1.87. The maximum Gasteiger partial charge on any atom is 0.260 e. The van der Waals surface area contributed by atoms with Gasteiger partial charge in [0.1, 0.15) is 0 Å². The average molecular weight is 465 g/mol. The van der Waals surface area contributed by atoms with E-state index in [2.05, 4.69) is 24.4 Å². The van der Waals surface area contributed by atoms with Gasteiger partial charge in [-0.25, -0.2) is 0 Å². The smallest absolute Gasteiger partial charge is 0.260 e. The SMILES string of the molecule is Cc1ccc(/C=C2/SC3CCC(C(=O)NCc4ccc5c(c4)OCO5)CC3N(C)C2=O)cc1. The number of carbonyl (C=O) groups excluding carboxylic acids is 2. The van der Waals surface area contributed by atoms with E-state index in [-0.39, 0.29) is 30.6 Å². The number of ether oxygens (including phenoxy) is 2. The first-order chi connectivity index (χ1) is 16.0. The first-order valence-corrected chi connectivity index (χ1v) is 12.2. The molecule has 2 heterocycles. The maximum atomic E-state index is 13.0. The summed E-state index contributed by atoms with van der Waals surface area (Å²) in [6, 6.07) is 14.0. The molecule has 2 amide bonds. The molecule has 2 fully saturated rings. The molecule has 7 heteroatoms. The molecule has 2 aromatic rings. The Balaban J connectivity index is 1.20. The van der Waals surface area contributed by atoms with Gasteiger partial charge in [-0.3, -0.25) is 9.59 Å². The van der Waals surface area contributed by atoms with Crippen LogP contribution in [0.5, 0.6) is 11.5 Å². The van der Waals surface area contributed by atoms with Crippen molar-refractivity contribution in [3.8, 4) is 11.5 Å². The number of amides is 2. The van der Waals surface area contributed by atoms with Gasteiger partial charge >= 0.3 is 0 Å². The molecular formula is C26H28N2O4S. The summed E-state index contributed by atoms with van der Waals surface area (Å²) >= 11 is 1.67. The number of hydrogen-bond acceptors (Lipinski definition) is 5. The van der Waals surface area contributed by atoms with Gasteiger partial charge in [0, 0.05) is 30.8 Å². The molecule has 1 aliphatic carbocycles. The molecule has 0 bridgehead atoms. The van der Waals surface area contributed by atoms with Gasteiger partial charge < -0.3 is 19.7 Å². The van der Waals surface area contributed by atoms with E-state index in [1.807, 2.05) is 48.4 Å². The van der Waals surface area contributed by atoms with E-state index in [0.29, 0.717) is 18.2 Å². The van der Waals surface area contributed by atoms with Crippen molar-refractivity contribution in [3.05, 3.63) is 64.1 Å². The lowest BCUT2D eigenvalue weighted by Crippen LogP contribution is -2.52. The molecule has 3 unspecified atom stereocenters. The Bertz CT molecular complexity index is 1100. The Labute approximate surface area is 198 Å². The molecule has 2 aliphatic heterocycles. The van der Waals surface area contributed by atoms with Crippen LogP contribution in [0.15, 0.2) is 47.4 Å². The summed E-state index contributed by atoms with van der Waals surface area (Å²) < 4.78 is 10.8. The quantitative estimate of drug-likeness (QED) is 0.690. The maximum absolute atomic E-state index is 13.0. The van der Waals surface area contributed by atoms with Crippen LogP contribution >= 0.6 is 11.8 Å². The molecule has 3 aliphatic rings. The molecule has 33 heavy (non-hydrogen) atoms. The first-order valence-electron chi connectivity index (χ1n) is 11.4. The van der Waals surface area contributed by atoms with Crippen molar-refractivity contribution in [1.82, 2.24) is 10.2 Å². The van der Waals surface area contributed by atoms with Gasteiger partial charge in [-0.05, 0) is 55.5 Å². The highest BCUT2D eigenvalue weighted by molar-refractivity contribution is 8.04. The summed E-state index contributed by atoms with van der Waals surface area (Å²) in [5.74, 6) is 1.47. The number of rotatable bonds is 4. The minimum absolute atomic E-state index is 0.0447. The zero-order chi connectivity index (χ0) is 22.9. The number of thioether (sulfide) groups is 1. The van der Waals surface area contributed by atoms with Crippen molar-refractivity contribution in [3.63, 3.8) is 0 Å². The minimum atomic E-state index is -0.0845. The summed E-state index contributed by atoms with van der Waals surface area (Å²) in [4.78, 5) is 28.6. The van der Waals surface area contributed by atoms with Crippen LogP contribution in [0.1, 0.15) is 36.0 Å². The highest BCUT2D eigenvalue weighted by Crippen LogP contribution is 2.43.